The van der Waals surface area contributed by atoms with Gasteiger partial charge in [0.2, 0.25) is 11.9 Å². The van der Waals surface area contributed by atoms with Crippen LogP contribution in [0.5, 0.6) is 0 Å². The Kier molecular flexibility index (Phi) is 6.58. The third-order valence-corrected chi connectivity index (χ3v) is 6.28. The first kappa shape index (κ1) is 21.3. The lowest BCUT2D eigenvalue weighted by atomic mass is 9.80. The quantitative estimate of drug-likeness (QED) is 0.696. The molecule has 1 aromatic heterocycles. The van der Waals surface area contributed by atoms with E-state index in [1.54, 1.807) is 19.0 Å². The minimum Gasteiger partial charge on any atom is -0.393 e. The van der Waals surface area contributed by atoms with Crippen molar-refractivity contribution in [1.29, 1.82) is 5.26 Å². The highest BCUT2D eigenvalue weighted by atomic mass is 16.3. The van der Waals surface area contributed by atoms with Crippen LogP contribution in [-0.4, -0.2) is 57.7 Å². The van der Waals surface area contributed by atoms with Crippen molar-refractivity contribution in [3.63, 3.8) is 0 Å². The van der Waals surface area contributed by atoms with Gasteiger partial charge < -0.3 is 20.6 Å². The number of aliphatic hydroxyl groups is 1. The fraction of sp³-hybridized carbons (Fsp3) is 0.714. The van der Waals surface area contributed by atoms with E-state index >= 15 is 0 Å². The summed E-state index contributed by atoms with van der Waals surface area (Å²) >= 11 is 0. The number of aromatic nitrogens is 2. The monoisotopic (exact) mass is 400 g/mol. The van der Waals surface area contributed by atoms with Gasteiger partial charge in [-0.1, -0.05) is 26.2 Å². The molecular weight excluding hydrogens is 368 g/mol. The van der Waals surface area contributed by atoms with Crippen molar-refractivity contribution in [1.82, 2.24) is 14.9 Å². The van der Waals surface area contributed by atoms with Crippen molar-refractivity contribution in [2.45, 2.75) is 76.0 Å². The number of nitriles is 1. The molecule has 3 rings (SSSR count). The molecule has 8 heteroatoms. The number of likely N-dealkylation sites (N-methyl/N-ethyl adjacent to an activating group) is 1. The maximum Gasteiger partial charge on any atom is 0.247 e. The summed E-state index contributed by atoms with van der Waals surface area (Å²) in [6.45, 7) is 2.06. The number of carbonyl (C=O) groups excluding carboxylic acids is 1. The molecule has 1 amide bonds. The first-order chi connectivity index (χ1) is 13.8. The van der Waals surface area contributed by atoms with Crippen LogP contribution in [0.3, 0.4) is 0 Å². The number of aliphatic hydroxyl groups excluding tert-OH is 1. The van der Waals surface area contributed by atoms with E-state index in [4.69, 9.17) is 0 Å². The second kappa shape index (κ2) is 8.95. The number of carbonyl (C=O) groups is 1. The third kappa shape index (κ3) is 4.78. The molecule has 0 unspecified atom stereocenters. The number of amides is 1. The molecule has 1 aromatic rings. The van der Waals surface area contributed by atoms with Crippen molar-refractivity contribution in [2.75, 3.05) is 24.7 Å². The van der Waals surface area contributed by atoms with Crippen LogP contribution in [0.15, 0.2) is 6.20 Å². The van der Waals surface area contributed by atoms with Crippen LogP contribution in [0.2, 0.25) is 0 Å². The summed E-state index contributed by atoms with van der Waals surface area (Å²) in [7, 11) is 3.53. The van der Waals surface area contributed by atoms with Gasteiger partial charge in [-0.3, -0.25) is 4.79 Å². The van der Waals surface area contributed by atoms with Crippen LogP contribution >= 0.6 is 0 Å². The molecule has 0 bridgehead atoms. The number of anilines is 2. The summed E-state index contributed by atoms with van der Waals surface area (Å²) < 4.78 is 0. The Balaban J connectivity index is 1.82. The molecule has 0 spiro atoms. The first-order valence-electron chi connectivity index (χ1n) is 10.6. The summed E-state index contributed by atoms with van der Waals surface area (Å²) in [5.74, 6) is 1.13. The molecule has 0 aliphatic heterocycles. The normalized spacial score (nSPS) is 26.2. The molecule has 3 atom stereocenters. The molecule has 0 saturated heterocycles. The second-order valence-electron chi connectivity index (χ2n) is 8.73. The van der Waals surface area contributed by atoms with Gasteiger partial charge in [-0.05, 0) is 38.0 Å². The molecule has 158 valence electrons. The van der Waals surface area contributed by atoms with E-state index in [2.05, 4.69) is 33.6 Å². The molecule has 3 N–H and O–H groups in total. The third-order valence-electron chi connectivity index (χ3n) is 6.28. The topological polar surface area (TPSA) is 114 Å². The highest BCUT2D eigenvalue weighted by Crippen LogP contribution is 2.33. The molecule has 29 heavy (non-hydrogen) atoms. The standard InChI is InChI=1S/C21H32N6O2/c1-14-7-8-16(11-17(14)28)24-18-15(12-22)13-23-20(25-18)26-21(19(29)27(2)3)9-5-4-6-10-21/h13-14,16-17,28H,4-11H2,1-3H3,(H2,23,24,25,26)/t14-,16-,17-/m1/s1. The van der Waals surface area contributed by atoms with Crippen LogP contribution in [0.1, 0.15) is 63.9 Å². The zero-order valence-electron chi connectivity index (χ0n) is 17.6. The number of nitrogens with zero attached hydrogens (tertiary/aromatic N) is 4. The lowest BCUT2D eigenvalue weighted by Gasteiger charge is -2.38. The van der Waals surface area contributed by atoms with Crippen LogP contribution in [0, 0.1) is 17.2 Å². The fourth-order valence-electron chi connectivity index (χ4n) is 4.45. The molecule has 0 radical (unpaired) electrons. The Morgan fingerprint density at radius 2 is 2.03 bits per heavy atom. The van der Waals surface area contributed by atoms with Gasteiger partial charge in [0.25, 0.3) is 0 Å². The number of hydrogen-bond acceptors (Lipinski definition) is 7. The molecule has 2 aliphatic rings. The molecule has 2 aliphatic carbocycles. The van der Waals surface area contributed by atoms with E-state index in [0.717, 1.165) is 44.9 Å². The lowest BCUT2D eigenvalue weighted by molar-refractivity contribution is -0.134. The summed E-state index contributed by atoms with van der Waals surface area (Å²) in [5.41, 5.74) is -0.343. The van der Waals surface area contributed by atoms with Crippen molar-refractivity contribution in [3.8, 4) is 6.07 Å². The Morgan fingerprint density at radius 3 is 2.66 bits per heavy atom. The van der Waals surface area contributed by atoms with Crippen molar-refractivity contribution in [3.05, 3.63) is 11.8 Å². The van der Waals surface area contributed by atoms with Gasteiger partial charge in [0.15, 0.2) is 0 Å². The summed E-state index contributed by atoms with van der Waals surface area (Å²) in [5, 5.41) is 26.3. The van der Waals surface area contributed by atoms with Gasteiger partial charge in [-0.2, -0.15) is 10.2 Å². The fourth-order valence-corrected chi connectivity index (χ4v) is 4.45. The Labute approximate surface area is 172 Å². The van der Waals surface area contributed by atoms with Crippen LogP contribution in [0.4, 0.5) is 11.8 Å². The van der Waals surface area contributed by atoms with Crippen LogP contribution < -0.4 is 10.6 Å². The average molecular weight is 401 g/mol. The highest BCUT2D eigenvalue weighted by Gasteiger charge is 2.41. The number of nitrogens with one attached hydrogen (secondary N) is 2. The molecular formula is C21H32N6O2. The van der Waals surface area contributed by atoms with Gasteiger partial charge in [0.05, 0.1) is 12.3 Å². The van der Waals surface area contributed by atoms with Crippen LogP contribution in [0.25, 0.3) is 0 Å². The molecule has 8 nitrogen and oxygen atoms in total. The van der Waals surface area contributed by atoms with Gasteiger partial charge in [0.1, 0.15) is 23.0 Å². The Morgan fingerprint density at radius 1 is 1.31 bits per heavy atom. The number of rotatable bonds is 5. The predicted molar refractivity (Wildman–Crippen MR) is 111 cm³/mol. The van der Waals surface area contributed by atoms with Gasteiger partial charge in [-0.25, -0.2) is 4.98 Å². The highest BCUT2D eigenvalue weighted by molar-refractivity contribution is 5.88. The smallest absolute Gasteiger partial charge is 0.247 e. The van der Waals surface area contributed by atoms with Crippen molar-refractivity contribution >= 4 is 17.7 Å². The summed E-state index contributed by atoms with van der Waals surface area (Å²) in [6, 6.07) is 2.19. The van der Waals surface area contributed by atoms with E-state index in [1.807, 2.05) is 0 Å². The van der Waals surface area contributed by atoms with Gasteiger partial charge >= 0.3 is 0 Å². The maximum absolute atomic E-state index is 12.9. The largest absolute Gasteiger partial charge is 0.393 e. The minimum absolute atomic E-state index is 0.0315. The average Bonchev–Trinajstić information content (AvgIpc) is 2.71. The summed E-state index contributed by atoms with van der Waals surface area (Å²) in [4.78, 5) is 23.4. The van der Waals surface area contributed by atoms with E-state index in [-0.39, 0.29) is 24.0 Å². The van der Waals surface area contributed by atoms with Gasteiger partial charge in [0, 0.05) is 20.1 Å². The van der Waals surface area contributed by atoms with E-state index in [1.165, 1.54) is 6.20 Å². The minimum atomic E-state index is -0.705. The van der Waals surface area contributed by atoms with Crippen LogP contribution in [-0.2, 0) is 4.79 Å². The van der Waals surface area contributed by atoms with Crippen molar-refractivity contribution < 1.29 is 9.90 Å². The van der Waals surface area contributed by atoms with Gasteiger partial charge in [-0.15, -0.1) is 0 Å². The maximum atomic E-state index is 12.9. The second-order valence-corrected chi connectivity index (χ2v) is 8.73. The Hall–Kier alpha value is -2.40. The zero-order chi connectivity index (χ0) is 21.0. The first-order valence-corrected chi connectivity index (χ1v) is 10.6. The van der Waals surface area contributed by atoms with E-state index < -0.39 is 5.54 Å². The Bertz CT molecular complexity index is 769. The van der Waals surface area contributed by atoms with E-state index in [0.29, 0.717) is 23.8 Å². The SMILES string of the molecule is C[C@@H]1CC[C@@H](Nc2nc(NC3(C(=O)N(C)C)CCCCC3)ncc2C#N)C[C@H]1O. The van der Waals surface area contributed by atoms with E-state index in [9.17, 15) is 15.2 Å². The summed E-state index contributed by atoms with van der Waals surface area (Å²) in [6.07, 6.45) is 8.17. The zero-order valence-corrected chi connectivity index (χ0v) is 17.6. The lowest BCUT2D eigenvalue weighted by Crippen LogP contribution is -2.53. The number of hydrogen-bond donors (Lipinski definition) is 3. The molecule has 2 saturated carbocycles. The molecule has 0 aromatic carbocycles. The predicted octanol–water partition coefficient (Wildman–Crippen LogP) is 2.51. The molecule has 2 fully saturated rings. The van der Waals surface area contributed by atoms with Crippen molar-refractivity contribution in [2.24, 2.45) is 5.92 Å². The molecule has 1 heterocycles.